The van der Waals surface area contributed by atoms with E-state index in [0.717, 1.165) is 11.1 Å². The zero-order chi connectivity index (χ0) is 11.8. The molecule has 0 saturated carbocycles. The van der Waals surface area contributed by atoms with Crippen LogP contribution in [0, 0.1) is 0 Å². The highest BCUT2D eigenvalue weighted by atomic mass is 32.2. The fraction of sp³-hybridized carbons (Fsp3) is 0.400. The molecule has 1 aliphatic carbocycles. The van der Waals surface area contributed by atoms with E-state index < -0.39 is 10.2 Å². The Hall–Kier alpha value is -0.950. The van der Waals surface area contributed by atoms with E-state index >= 15 is 0 Å². The Morgan fingerprint density at radius 1 is 1.38 bits per heavy atom. The second-order valence-electron chi connectivity index (χ2n) is 3.87. The van der Waals surface area contributed by atoms with Gasteiger partial charge in [-0.15, -0.1) is 0 Å². The van der Waals surface area contributed by atoms with E-state index in [1.807, 2.05) is 24.3 Å². The largest absolute Gasteiger partial charge is 0.326 e. The SMILES string of the molecule is CNS(=O)(=O)NC1c2ccccc2CC1N. The lowest BCUT2D eigenvalue weighted by atomic mass is 10.1. The minimum absolute atomic E-state index is 0.208. The Balaban J connectivity index is 2.30. The van der Waals surface area contributed by atoms with Gasteiger partial charge in [-0.2, -0.15) is 13.1 Å². The molecule has 0 aliphatic heterocycles. The van der Waals surface area contributed by atoms with Crippen LogP contribution in [0.15, 0.2) is 24.3 Å². The van der Waals surface area contributed by atoms with Crippen LogP contribution in [0.5, 0.6) is 0 Å². The second-order valence-corrected chi connectivity index (χ2v) is 5.52. The lowest BCUT2D eigenvalue weighted by Crippen LogP contribution is -2.42. The van der Waals surface area contributed by atoms with Crippen LogP contribution in [0.1, 0.15) is 17.2 Å². The van der Waals surface area contributed by atoms with E-state index in [1.165, 1.54) is 7.05 Å². The van der Waals surface area contributed by atoms with Crippen molar-refractivity contribution < 1.29 is 8.42 Å². The van der Waals surface area contributed by atoms with Crippen LogP contribution in [-0.4, -0.2) is 21.5 Å². The lowest BCUT2D eigenvalue weighted by Gasteiger charge is -2.17. The van der Waals surface area contributed by atoms with Gasteiger partial charge < -0.3 is 5.73 Å². The molecule has 2 atom stereocenters. The standard InChI is InChI=1S/C10H15N3O2S/c1-12-16(14,15)13-10-8-5-3-2-4-7(8)6-9(10)11/h2-5,9-10,12-13H,6,11H2,1H3. The van der Waals surface area contributed by atoms with Gasteiger partial charge in [0.05, 0.1) is 6.04 Å². The van der Waals surface area contributed by atoms with Crippen molar-refractivity contribution in [3.8, 4) is 0 Å². The second kappa shape index (κ2) is 4.14. The van der Waals surface area contributed by atoms with Gasteiger partial charge in [-0.1, -0.05) is 24.3 Å². The summed E-state index contributed by atoms with van der Waals surface area (Å²) in [6, 6.07) is 7.15. The molecule has 0 bridgehead atoms. The average molecular weight is 241 g/mol. The summed E-state index contributed by atoms with van der Waals surface area (Å²) in [4.78, 5) is 0. The predicted molar refractivity (Wildman–Crippen MR) is 62.0 cm³/mol. The van der Waals surface area contributed by atoms with Crippen molar-refractivity contribution in [2.24, 2.45) is 5.73 Å². The molecule has 1 aromatic carbocycles. The van der Waals surface area contributed by atoms with Crippen molar-refractivity contribution >= 4 is 10.2 Å². The van der Waals surface area contributed by atoms with Crippen LogP contribution in [0.4, 0.5) is 0 Å². The van der Waals surface area contributed by atoms with Crippen LogP contribution >= 0.6 is 0 Å². The molecule has 0 amide bonds. The normalized spacial score (nSPS) is 24.4. The molecule has 2 unspecified atom stereocenters. The summed E-state index contributed by atoms with van der Waals surface area (Å²) in [5, 5.41) is 0. The number of rotatable bonds is 3. The maximum Gasteiger partial charge on any atom is 0.277 e. The van der Waals surface area contributed by atoms with Crippen molar-refractivity contribution in [3.63, 3.8) is 0 Å². The van der Waals surface area contributed by atoms with Gasteiger partial charge in [0.2, 0.25) is 0 Å². The first-order valence-electron chi connectivity index (χ1n) is 5.07. The Morgan fingerprint density at radius 3 is 2.75 bits per heavy atom. The average Bonchev–Trinajstić information content (AvgIpc) is 2.56. The van der Waals surface area contributed by atoms with E-state index in [-0.39, 0.29) is 12.1 Å². The first kappa shape index (κ1) is 11.5. The summed E-state index contributed by atoms with van der Waals surface area (Å²) in [5.74, 6) is 0. The van der Waals surface area contributed by atoms with Gasteiger partial charge in [-0.25, -0.2) is 4.72 Å². The molecule has 5 nitrogen and oxygen atoms in total. The first-order chi connectivity index (χ1) is 7.53. The summed E-state index contributed by atoms with van der Waals surface area (Å²) in [5.41, 5.74) is 8.01. The molecule has 0 saturated heterocycles. The Kier molecular flexibility index (Phi) is 2.98. The molecule has 6 heteroatoms. The third kappa shape index (κ3) is 2.10. The molecule has 1 aromatic rings. The maximum atomic E-state index is 11.4. The predicted octanol–water partition coefficient (Wildman–Crippen LogP) is -0.335. The van der Waals surface area contributed by atoms with Crippen LogP contribution in [-0.2, 0) is 16.6 Å². The Bertz CT molecular complexity index is 487. The van der Waals surface area contributed by atoms with E-state index in [2.05, 4.69) is 9.44 Å². The fourth-order valence-electron chi connectivity index (χ4n) is 2.00. The van der Waals surface area contributed by atoms with E-state index in [0.29, 0.717) is 6.42 Å². The topological polar surface area (TPSA) is 84.2 Å². The summed E-state index contributed by atoms with van der Waals surface area (Å²) in [7, 11) is -2.09. The molecular formula is C10H15N3O2S. The third-order valence-electron chi connectivity index (χ3n) is 2.82. The number of hydrogen-bond acceptors (Lipinski definition) is 3. The molecule has 4 N–H and O–H groups in total. The lowest BCUT2D eigenvalue weighted by molar-refractivity contribution is 0.513. The number of nitrogens with two attached hydrogens (primary N) is 1. The van der Waals surface area contributed by atoms with Gasteiger partial charge in [0.25, 0.3) is 10.2 Å². The summed E-state index contributed by atoms with van der Waals surface area (Å²) < 4.78 is 27.6. The van der Waals surface area contributed by atoms with Crippen molar-refractivity contribution in [1.29, 1.82) is 0 Å². The highest BCUT2D eigenvalue weighted by molar-refractivity contribution is 7.87. The molecule has 0 heterocycles. The molecule has 0 radical (unpaired) electrons. The minimum atomic E-state index is -3.46. The summed E-state index contributed by atoms with van der Waals surface area (Å²) >= 11 is 0. The smallest absolute Gasteiger partial charge is 0.277 e. The van der Waals surface area contributed by atoms with E-state index in [9.17, 15) is 8.42 Å². The van der Waals surface area contributed by atoms with E-state index in [4.69, 9.17) is 5.73 Å². The van der Waals surface area contributed by atoms with Crippen LogP contribution in [0.25, 0.3) is 0 Å². The van der Waals surface area contributed by atoms with Gasteiger partial charge in [0.15, 0.2) is 0 Å². The van der Waals surface area contributed by atoms with Crippen LogP contribution in [0.3, 0.4) is 0 Å². The highest BCUT2D eigenvalue weighted by Gasteiger charge is 2.32. The van der Waals surface area contributed by atoms with Crippen molar-refractivity contribution in [1.82, 2.24) is 9.44 Å². The first-order valence-corrected chi connectivity index (χ1v) is 6.56. The van der Waals surface area contributed by atoms with Gasteiger partial charge in [0.1, 0.15) is 0 Å². The van der Waals surface area contributed by atoms with Gasteiger partial charge >= 0.3 is 0 Å². The molecular weight excluding hydrogens is 226 g/mol. The molecule has 0 fully saturated rings. The van der Waals surface area contributed by atoms with Gasteiger partial charge in [0, 0.05) is 13.1 Å². The van der Waals surface area contributed by atoms with Crippen molar-refractivity contribution in [2.75, 3.05) is 7.05 Å². The van der Waals surface area contributed by atoms with Gasteiger partial charge in [-0.05, 0) is 17.5 Å². The number of hydrogen-bond donors (Lipinski definition) is 3. The molecule has 1 aliphatic rings. The fourth-order valence-corrected chi connectivity index (χ4v) is 2.76. The van der Waals surface area contributed by atoms with Crippen LogP contribution < -0.4 is 15.2 Å². The number of fused-ring (bicyclic) bond motifs is 1. The molecule has 2 rings (SSSR count). The van der Waals surface area contributed by atoms with Gasteiger partial charge in [-0.3, -0.25) is 0 Å². The third-order valence-corrected chi connectivity index (χ3v) is 3.93. The quantitative estimate of drug-likeness (QED) is 0.677. The Morgan fingerprint density at radius 2 is 2.06 bits per heavy atom. The zero-order valence-electron chi connectivity index (χ0n) is 8.97. The molecule has 0 aromatic heterocycles. The minimum Gasteiger partial charge on any atom is -0.326 e. The number of benzene rings is 1. The summed E-state index contributed by atoms with van der Waals surface area (Å²) in [6.45, 7) is 0. The van der Waals surface area contributed by atoms with Crippen molar-refractivity contribution in [2.45, 2.75) is 18.5 Å². The monoisotopic (exact) mass is 241 g/mol. The Labute approximate surface area is 95.2 Å². The molecule has 0 spiro atoms. The van der Waals surface area contributed by atoms with Crippen LogP contribution in [0.2, 0.25) is 0 Å². The molecule has 88 valence electrons. The van der Waals surface area contributed by atoms with E-state index in [1.54, 1.807) is 0 Å². The highest BCUT2D eigenvalue weighted by Crippen LogP contribution is 2.30. The molecule has 16 heavy (non-hydrogen) atoms. The number of nitrogens with one attached hydrogen (secondary N) is 2. The zero-order valence-corrected chi connectivity index (χ0v) is 9.79. The van der Waals surface area contributed by atoms with Crippen molar-refractivity contribution in [3.05, 3.63) is 35.4 Å². The maximum absolute atomic E-state index is 11.4. The summed E-state index contributed by atoms with van der Waals surface area (Å²) in [6.07, 6.45) is 0.701.